The fraction of sp³-hybridized carbons (Fsp3) is 0.381. The van der Waals surface area contributed by atoms with Crippen molar-refractivity contribution in [3.05, 3.63) is 41.8 Å². The maximum atomic E-state index is 6.36. The molecule has 2 aromatic heterocycles. The Hall–Kier alpha value is -2.29. The van der Waals surface area contributed by atoms with Gasteiger partial charge in [0.2, 0.25) is 0 Å². The molecule has 3 nitrogen and oxygen atoms in total. The number of aromatic nitrogens is 2. The van der Waals surface area contributed by atoms with Gasteiger partial charge in [0.25, 0.3) is 0 Å². The first-order valence-corrected chi connectivity index (χ1v) is 8.84. The molecule has 0 spiro atoms. The molecule has 1 fully saturated rings. The van der Waals surface area contributed by atoms with E-state index in [1.54, 1.807) is 0 Å². The quantitative estimate of drug-likeness (QED) is 0.491. The molecule has 3 heteroatoms. The molecule has 2 heterocycles. The van der Waals surface area contributed by atoms with Gasteiger partial charge in [0.05, 0.1) is 5.39 Å². The van der Waals surface area contributed by atoms with Crippen LogP contribution in [-0.4, -0.2) is 9.78 Å². The molecular formula is C21H22N2O. The number of benzene rings is 2. The maximum absolute atomic E-state index is 6.36. The number of fused-ring (bicyclic) bond motifs is 6. The third kappa shape index (κ3) is 1.55. The van der Waals surface area contributed by atoms with Crippen molar-refractivity contribution >= 4 is 32.6 Å². The van der Waals surface area contributed by atoms with Crippen molar-refractivity contribution in [1.29, 1.82) is 0 Å². The Morgan fingerprint density at radius 2 is 1.96 bits per heavy atom. The van der Waals surface area contributed by atoms with Crippen LogP contribution in [0, 0.1) is 12.8 Å². The molecule has 2 unspecified atom stereocenters. The average Bonchev–Trinajstić information content (AvgIpc) is 2.91. The van der Waals surface area contributed by atoms with Gasteiger partial charge in [-0.3, -0.25) is 4.68 Å². The first-order valence-electron chi connectivity index (χ1n) is 8.84. The summed E-state index contributed by atoms with van der Waals surface area (Å²) in [5.41, 5.74) is 3.77. The largest absolute Gasteiger partial charge is 0.460 e. The predicted molar refractivity (Wildman–Crippen MR) is 98.5 cm³/mol. The second-order valence-electron chi connectivity index (χ2n) is 7.46. The molecule has 0 saturated heterocycles. The van der Waals surface area contributed by atoms with E-state index in [2.05, 4.69) is 51.2 Å². The highest BCUT2D eigenvalue weighted by molar-refractivity contribution is 6.23. The van der Waals surface area contributed by atoms with Gasteiger partial charge in [0.15, 0.2) is 0 Å². The van der Waals surface area contributed by atoms with E-state index in [9.17, 15) is 0 Å². The van der Waals surface area contributed by atoms with Crippen molar-refractivity contribution in [3.8, 4) is 0 Å². The van der Waals surface area contributed by atoms with E-state index in [-0.39, 0.29) is 5.41 Å². The minimum absolute atomic E-state index is 0.266. The van der Waals surface area contributed by atoms with E-state index in [4.69, 9.17) is 9.52 Å². The number of hydrogen-bond acceptors (Lipinski definition) is 2. The molecule has 0 radical (unpaired) electrons. The van der Waals surface area contributed by atoms with Crippen LogP contribution in [0.15, 0.2) is 34.9 Å². The molecule has 24 heavy (non-hydrogen) atoms. The summed E-state index contributed by atoms with van der Waals surface area (Å²) < 4.78 is 8.29. The van der Waals surface area contributed by atoms with Crippen LogP contribution >= 0.6 is 0 Å². The summed E-state index contributed by atoms with van der Waals surface area (Å²) in [7, 11) is 2.00. The normalized spacial score (nSPS) is 23.6. The van der Waals surface area contributed by atoms with Crippen LogP contribution in [0.3, 0.4) is 0 Å². The van der Waals surface area contributed by atoms with Crippen LogP contribution in [0.2, 0.25) is 0 Å². The minimum atomic E-state index is 0.266. The van der Waals surface area contributed by atoms with E-state index < -0.39 is 0 Å². The van der Waals surface area contributed by atoms with Crippen molar-refractivity contribution in [3.63, 3.8) is 0 Å². The molecular weight excluding hydrogens is 296 g/mol. The molecule has 1 aliphatic carbocycles. The highest BCUT2D eigenvalue weighted by Crippen LogP contribution is 2.60. The van der Waals surface area contributed by atoms with Crippen molar-refractivity contribution in [2.45, 2.75) is 39.0 Å². The van der Waals surface area contributed by atoms with Gasteiger partial charge in [-0.25, -0.2) is 0 Å². The molecule has 4 aromatic rings. The summed E-state index contributed by atoms with van der Waals surface area (Å²) in [4.78, 5) is 0. The molecule has 1 saturated carbocycles. The molecule has 2 aromatic carbocycles. The molecule has 122 valence electrons. The van der Waals surface area contributed by atoms with E-state index in [0.717, 1.165) is 23.3 Å². The Kier molecular flexibility index (Phi) is 2.59. The lowest BCUT2D eigenvalue weighted by atomic mass is 9.87. The van der Waals surface area contributed by atoms with Crippen LogP contribution in [0.25, 0.3) is 32.6 Å². The Labute approximate surface area is 141 Å². The zero-order valence-electron chi connectivity index (χ0n) is 14.7. The Balaban J connectivity index is 2.05. The minimum Gasteiger partial charge on any atom is -0.460 e. The third-order valence-electron chi connectivity index (χ3n) is 6.19. The van der Waals surface area contributed by atoms with Crippen LogP contribution < -0.4 is 0 Å². The summed E-state index contributed by atoms with van der Waals surface area (Å²) in [5, 5.41) is 9.71. The zero-order valence-corrected chi connectivity index (χ0v) is 14.7. The van der Waals surface area contributed by atoms with Crippen LogP contribution in [-0.2, 0) is 12.5 Å². The fourth-order valence-corrected chi connectivity index (χ4v) is 4.85. The van der Waals surface area contributed by atoms with Gasteiger partial charge in [-0.05, 0) is 31.1 Å². The Bertz CT molecular complexity index is 1110. The van der Waals surface area contributed by atoms with Gasteiger partial charge < -0.3 is 4.42 Å². The molecule has 0 bridgehead atoms. The highest BCUT2D eigenvalue weighted by Gasteiger charge is 2.53. The fourth-order valence-electron chi connectivity index (χ4n) is 4.85. The molecule has 0 N–H and O–H groups in total. The van der Waals surface area contributed by atoms with E-state index >= 15 is 0 Å². The van der Waals surface area contributed by atoms with Gasteiger partial charge >= 0.3 is 0 Å². The second kappa shape index (κ2) is 4.41. The summed E-state index contributed by atoms with van der Waals surface area (Å²) in [6.45, 7) is 6.79. The zero-order chi connectivity index (χ0) is 16.6. The standard InChI is InChI=1S/C21H22N2O/c1-5-21(10-12(21)2)18-13(3)24-20-15-9-7-6-8-14(15)16-11-23(4)22-19(16)17(18)20/h6-9,11-12H,5,10H2,1-4H3. The topological polar surface area (TPSA) is 31.0 Å². The van der Waals surface area contributed by atoms with Crippen LogP contribution in [0.1, 0.15) is 38.0 Å². The number of nitrogens with zero attached hydrogens (tertiary/aromatic N) is 2. The molecule has 1 aliphatic rings. The summed E-state index contributed by atoms with van der Waals surface area (Å²) in [5.74, 6) is 1.78. The van der Waals surface area contributed by atoms with Crippen molar-refractivity contribution in [2.75, 3.05) is 0 Å². The van der Waals surface area contributed by atoms with E-state index in [1.807, 2.05) is 11.7 Å². The lowest BCUT2D eigenvalue weighted by Gasteiger charge is -2.14. The number of hydrogen-bond donors (Lipinski definition) is 0. The van der Waals surface area contributed by atoms with Crippen molar-refractivity contribution < 1.29 is 4.42 Å². The molecule has 0 amide bonds. The Morgan fingerprint density at radius 3 is 2.62 bits per heavy atom. The van der Waals surface area contributed by atoms with Crippen molar-refractivity contribution in [2.24, 2.45) is 13.0 Å². The van der Waals surface area contributed by atoms with E-state index in [1.165, 1.54) is 33.5 Å². The predicted octanol–water partition coefficient (Wildman–Crippen LogP) is 5.47. The number of furan rings is 1. The highest BCUT2D eigenvalue weighted by atomic mass is 16.3. The summed E-state index contributed by atoms with van der Waals surface area (Å²) in [6, 6.07) is 8.53. The number of aryl methyl sites for hydroxylation is 2. The van der Waals surface area contributed by atoms with Crippen LogP contribution in [0.5, 0.6) is 0 Å². The molecule has 5 rings (SSSR count). The average molecular weight is 318 g/mol. The smallest absolute Gasteiger partial charge is 0.144 e. The SMILES string of the molecule is CCC1(c2c(C)oc3c4ccccc4c4cn(C)nc4c23)CC1C. The Morgan fingerprint density at radius 1 is 1.25 bits per heavy atom. The first kappa shape index (κ1) is 14.1. The first-order chi connectivity index (χ1) is 11.6. The van der Waals surface area contributed by atoms with Gasteiger partial charge in [0, 0.05) is 35.0 Å². The summed E-state index contributed by atoms with van der Waals surface area (Å²) in [6.07, 6.45) is 4.54. The monoisotopic (exact) mass is 318 g/mol. The van der Waals surface area contributed by atoms with Gasteiger partial charge in [-0.2, -0.15) is 5.10 Å². The van der Waals surface area contributed by atoms with Crippen LogP contribution in [0.4, 0.5) is 0 Å². The van der Waals surface area contributed by atoms with Crippen molar-refractivity contribution in [1.82, 2.24) is 9.78 Å². The van der Waals surface area contributed by atoms with Gasteiger partial charge in [-0.15, -0.1) is 0 Å². The third-order valence-corrected chi connectivity index (χ3v) is 6.19. The molecule has 2 atom stereocenters. The number of rotatable bonds is 2. The molecule has 0 aliphatic heterocycles. The van der Waals surface area contributed by atoms with Gasteiger partial charge in [0.1, 0.15) is 16.9 Å². The lowest BCUT2D eigenvalue weighted by Crippen LogP contribution is -2.08. The van der Waals surface area contributed by atoms with E-state index in [0.29, 0.717) is 5.92 Å². The van der Waals surface area contributed by atoms with Gasteiger partial charge in [-0.1, -0.05) is 38.1 Å². The lowest BCUT2D eigenvalue weighted by molar-refractivity contribution is 0.542. The maximum Gasteiger partial charge on any atom is 0.144 e. The summed E-state index contributed by atoms with van der Waals surface area (Å²) >= 11 is 0. The second-order valence-corrected chi connectivity index (χ2v) is 7.46.